The Labute approximate surface area is 102 Å². The molecule has 3 heteroatoms. The van der Waals surface area contributed by atoms with Gasteiger partial charge in [0.1, 0.15) is 0 Å². The summed E-state index contributed by atoms with van der Waals surface area (Å²) in [5, 5.41) is 1.29. The summed E-state index contributed by atoms with van der Waals surface area (Å²) in [5.74, 6) is 0. The molecular weight excluding hydrogens is 266 g/mol. The third-order valence-electron chi connectivity index (χ3n) is 2.95. The van der Waals surface area contributed by atoms with E-state index in [2.05, 4.69) is 51.4 Å². The first kappa shape index (κ1) is 10.1. The summed E-state index contributed by atoms with van der Waals surface area (Å²) < 4.78 is 6.44. The van der Waals surface area contributed by atoms with E-state index in [9.17, 15) is 0 Å². The molecule has 0 fully saturated rings. The van der Waals surface area contributed by atoms with Crippen LogP contribution in [0.1, 0.15) is 12.0 Å². The van der Waals surface area contributed by atoms with Gasteiger partial charge in [-0.3, -0.25) is 0 Å². The zero-order chi connectivity index (χ0) is 11.0. The number of aromatic nitrogens is 1. The average Bonchev–Trinajstić information content (AvgIpc) is 2.73. The van der Waals surface area contributed by atoms with Gasteiger partial charge in [0.05, 0.1) is 13.2 Å². The lowest BCUT2D eigenvalue weighted by molar-refractivity contribution is 0.161. The maximum Gasteiger partial charge on any atom is 0.0653 e. The number of aromatic amines is 1. The van der Waals surface area contributed by atoms with Gasteiger partial charge in [-0.25, -0.2) is 0 Å². The predicted octanol–water partition coefficient (Wildman–Crippen LogP) is 3.73. The number of halogens is 1. The topological polar surface area (TPSA) is 25.0 Å². The van der Waals surface area contributed by atoms with Gasteiger partial charge in [0.2, 0.25) is 0 Å². The Morgan fingerprint density at radius 2 is 2.25 bits per heavy atom. The largest absolute Gasteiger partial charge is 0.377 e. The van der Waals surface area contributed by atoms with Gasteiger partial charge in [-0.05, 0) is 24.1 Å². The molecule has 0 atom stereocenters. The van der Waals surface area contributed by atoms with Crippen LogP contribution in [-0.2, 0) is 4.74 Å². The molecule has 1 aromatic heterocycles. The number of ether oxygens (including phenoxy) is 1. The van der Waals surface area contributed by atoms with Crippen LogP contribution < -0.4 is 0 Å². The van der Waals surface area contributed by atoms with Gasteiger partial charge < -0.3 is 9.72 Å². The van der Waals surface area contributed by atoms with E-state index in [1.165, 1.54) is 22.0 Å². The lowest BCUT2D eigenvalue weighted by atomic mass is 10.0. The molecule has 2 nitrogen and oxygen atoms in total. The average molecular weight is 278 g/mol. The van der Waals surface area contributed by atoms with Crippen LogP contribution in [0.4, 0.5) is 0 Å². The smallest absolute Gasteiger partial charge is 0.0653 e. The molecule has 82 valence electrons. The van der Waals surface area contributed by atoms with Crippen LogP contribution in [0.3, 0.4) is 0 Å². The summed E-state index contributed by atoms with van der Waals surface area (Å²) in [6, 6.07) is 6.35. The Bertz CT molecular complexity index is 556. The van der Waals surface area contributed by atoms with Crippen molar-refractivity contribution in [2.24, 2.45) is 0 Å². The van der Waals surface area contributed by atoms with Crippen molar-refractivity contribution < 1.29 is 4.74 Å². The molecule has 0 aliphatic carbocycles. The minimum Gasteiger partial charge on any atom is -0.377 e. The molecule has 1 aliphatic heterocycles. The predicted molar refractivity (Wildman–Crippen MR) is 69.4 cm³/mol. The summed E-state index contributed by atoms with van der Waals surface area (Å²) >= 11 is 3.48. The van der Waals surface area contributed by atoms with Crippen molar-refractivity contribution in [3.63, 3.8) is 0 Å². The third kappa shape index (κ3) is 1.70. The summed E-state index contributed by atoms with van der Waals surface area (Å²) in [6.07, 6.45) is 5.27. The Balaban J connectivity index is 2.13. The molecule has 2 aromatic rings. The summed E-state index contributed by atoms with van der Waals surface area (Å²) in [7, 11) is 0. The monoisotopic (exact) mass is 277 g/mol. The van der Waals surface area contributed by atoms with Crippen LogP contribution in [-0.4, -0.2) is 18.2 Å². The van der Waals surface area contributed by atoms with E-state index in [1.54, 1.807) is 0 Å². The first-order valence-electron chi connectivity index (χ1n) is 5.38. The number of hydrogen-bond acceptors (Lipinski definition) is 1. The maximum atomic E-state index is 5.33. The standard InChI is InChI=1S/C13H12BrNO/c14-10-1-2-11-12(8-15-13(11)7-10)9-3-5-16-6-4-9/h1-3,7-8,15H,4-6H2. The number of fused-ring (bicyclic) bond motifs is 1. The van der Waals surface area contributed by atoms with Gasteiger partial charge in [0, 0.05) is 27.1 Å². The quantitative estimate of drug-likeness (QED) is 0.844. The van der Waals surface area contributed by atoms with Crippen LogP contribution >= 0.6 is 15.9 Å². The van der Waals surface area contributed by atoms with Crippen molar-refractivity contribution in [3.05, 3.63) is 40.5 Å². The normalized spacial score (nSPS) is 16.4. The molecule has 0 unspecified atom stereocenters. The minimum atomic E-state index is 0.735. The van der Waals surface area contributed by atoms with E-state index in [1.807, 2.05) is 0 Å². The van der Waals surface area contributed by atoms with Crippen LogP contribution in [0.2, 0.25) is 0 Å². The minimum absolute atomic E-state index is 0.735. The molecule has 16 heavy (non-hydrogen) atoms. The van der Waals surface area contributed by atoms with Gasteiger partial charge >= 0.3 is 0 Å². The fraction of sp³-hybridized carbons (Fsp3) is 0.231. The first-order chi connectivity index (χ1) is 7.84. The van der Waals surface area contributed by atoms with Crippen molar-refractivity contribution in [1.29, 1.82) is 0 Å². The van der Waals surface area contributed by atoms with Gasteiger partial charge in [-0.15, -0.1) is 0 Å². The lowest BCUT2D eigenvalue weighted by Crippen LogP contribution is -2.03. The van der Waals surface area contributed by atoms with Crippen LogP contribution in [0.25, 0.3) is 16.5 Å². The highest BCUT2D eigenvalue weighted by Crippen LogP contribution is 2.30. The van der Waals surface area contributed by atoms with E-state index in [0.717, 1.165) is 24.1 Å². The van der Waals surface area contributed by atoms with E-state index in [4.69, 9.17) is 4.74 Å². The van der Waals surface area contributed by atoms with Crippen molar-refractivity contribution in [1.82, 2.24) is 4.98 Å². The Morgan fingerprint density at radius 3 is 3.06 bits per heavy atom. The van der Waals surface area contributed by atoms with Crippen molar-refractivity contribution in [2.75, 3.05) is 13.2 Å². The SMILES string of the molecule is Brc1ccc2c(C3=CCOCC3)c[nH]c2c1. The van der Waals surface area contributed by atoms with Crippen molar-refractivity contribution >= 4 is 32.4 Å². The van der Waals surface area contributed by atoms with Gasteiger partial charge in [-0.2, -0.15) is 0 Å². The van der Waals surface area contributed by atoms with Crippen LogP contribution in [0, 0.1) is 0 Å². The van der Waals surface area contributed by atoms with Crippen LogP contribution in [0.5, 0.6) is 0 Å². The fourth-order valence-corrected chi connectivity index (χ4v) is 2.50. The molecule has 1 aromatic carbocycles. The molecule has 0 amide bonds. The highest BCUT2D eigenvalue weighted by molar-refractivity contribution is 9.10. The van der Waals surface area contributed by atoms with Crippen molar-refractivity contribution in [2.45, 2.75) is 6.42 Å². The Kier molecular flexibility index (Phi) is 2.58. The zero-order valence-corrected chi connectivity index (χ0v) is 10.4. The molecule has 1 aliphatic rings. The van der Waals surface area contributed by atoms with Crippen LogP contribution in [0.15, 0.2) is 34.9 Å². The van der Waals surface area contributed by atoms with E-state index < -0.39 is 0 Å². The third-order valence-corrected chi connectivity index (χ3v) is 3.45. The number of rotatable bonds is 1. The maximum absolute atomic E-state index is 5.33. The number of H-pyrrole nitrogens is 1. The van der Waals surface area contributed by atoms with Gasteiger partial charge in [-0.1, -0.05) is 28.1 Å². The van der Waals surface area contributed by atoms with Gasteiger partial charge in [0.25, 0.3) is 0 Å². The number of hydrogen-bond donors (Lipinski definition) is 1. The number of nitrogens with one attached hydrogen (secondary N) is 1. The Hall–Kier alpha value is -1.06. The second kappa shape index (κ2) is 4.07. The zero-order valence-electron chi connectivity index (χ0n) is 8.79. The Morgan fingerprint density at radius 1 is 1.31 bits per heavy atom. The molecule has 2 heterocycles. The van der Waals surface area contributed by atoms with E-state index >= 15 is 0 Å². The molecule has 0 radical (unpaired) electrons. The van der Waals surface area contributed by atoms with Gasteiger partial charge in [0.15, 0.2) is 0 Å². The second-order valence-corrected chi connectivity index (χ2v) is 4.86. The molecular formula is C13H12BrNO. The fourth-order valence-electron chi connectivity index (χ4n) is 2.14. The van der Waals surface area contributed by atoms with Crippen molar-refractivity contribution in [3.8, 4) is 0 Å². The lowest BCUT2D eigenvalue weighted by Gasteiger charge is -2.12. The molecule has 0 spiro atoms. The molecule has 0 saturated heterocycles. The molecule has 0 saturated carbocycles. The highest BCUT2D eigenvalue weighted by Gasteiger charge is 2.11. The second-order valence-electron chi connectivity index (χ2n) is 3.95. The summed E-state index contributed by atoms with van der Waals surface area (Å²) in [6.45, 7) is 1.56. The van der Waals surface area contributed by atoms with E-state index in [-0.39, 0.29) is 0 Å². The molecule has 0 bridgehead atoms. The number of benzene rings is 1. The molecule has 1 N–H and O–H groups in total. The highest BCUT2D eigenvalue weighted by atomic mass is 79.9. The summed E-state index contributed by atoms with van der Waals surface area (Å²) in [5.41, 5.74) is 3.88. The first-order valence-corrected chi connectivity index (χ1v) is 6.18. The molecule has 3 rings (SSSR count). The summed E-state index contributed by atoms with van der Waals surface area (Å²) in [4.78, 5) is 3.31. The van der Waals surface area contributed by atoms with E-state index in [0.29, 0.717) is 0 Å².